The molecule has 44 heavy (non-hydrogen) atoms. The monoisotopic (exact) mass is 596 g/mol. The number of carboxylic acids is 1. The van der Waals surface area contributed by atoms with Gasteiger partial charge in [0.1, 0.15) is 6.04 Å². The van der Waals surface area contributed by atoms with Crippen LogP contribution in [0.5, 0.6) is 0 Å². The van der Waals surface area contributed by atoms with E-state index in [0.717, 1.165) is 47.9 Å². The van der Waals surface area contributed by atoms with E-state index in [2.05, 4.69) is 10.6 Å². The Balaban J connectivity index is 1.56. The fraction of sp³-hybridized carbons (Fsp3) is 0.371. The van der Waals surface area contributed by atoms with Crippen LogP contribution in [0.2, 0.25) is 0 Å². The summed E-state index contributed by atoms with van der Waals surface area (Å²) in [5.74, 6) is -1.39. The molecule has 9 heteroatoms. The lowest BCUT2D eigenvalue weighted by atomic mass is 9.75. The molecule has 0 bridgehead atoms. The zero-order valence-electron chi connectivity index (χ0n) is 25.4. The lowest BCUT2D eigenvalue weighted by Crippen LogP contribution is -2.58. The molecule has 1 aliphatic heterocycles. The van der Waals surface area contributed by atoms with Gasteiger partial charge in [-0.1, -0.05) is 30.3 Å². The van der Waals surface area contributed by atoms with Crippen LogP contribution in [0.1, 0.15) is 77.4 Å². The molecule has 1 aliphatic carbocycles. The Kier molecular flexibility index (Phi) is 8.87. The summed E-state index contributed by atoms with van der Waals surface area (Å²) in [5, 5.41) is 14.9. The number of carbonyl (C=O) groups is 4. The highest BCUT2D eigenvalue weighted by Gasteiger charge is 2.48. The standard InChI is InChI=1S/C35H40N4O5/c1-35(2)19-29-27(22-11-13-23(14-12-22)31(40)37-3)5-4-6-28(29)30(32(41)38-26-17-15-25(16-18-26)34(43)44)39(35)33(42)24-9-7-21(20-36)8-10-24/h4-6,11-18,21,24,30H,7-10,19-20,36H2,1-3H3,(H,37,40)(H,38,41)(H,43,44)/t21-,24-,30?. The first-order valence-electron chi connectivity index (χ1n) is 15.2. The molecule has 1 saturated carbocycles. The first kappa shape index (κ1) is 30.9. The van der Waals surface area contributed by atoms with Crippen LogP contribution in [-0.4, -0.2) is 52.8 Å². The predicted molar refractivity (Wildman–Crippen MR) is 169 cm³/mol. The number of hydrogen-bond donors (Lipinski definition) is 4. The summed E-state index contributed by atoms with van der Waals surface area (Å²) < 4.78 is 0. The molecule has 3 amide bonds. The molecule has 1 unspecified atom stereocenters. The molecule has 1 atom stereocenters. The highest BCUT2D eigenvalue weighted by atomic mass is 16.4. The van der Waals surface area contributed by atoms with Gasteiger partial charge in [0.2, 0.25) is 5.91 Å². The number of nitrogens with two attached hydrogens (primary N) is 1. The van der Waals surface area contributed by atoms with Crippen LogP contribution in [0, 0.1) is 11.8 Å². The quantitative estimate of drug-likeness (QED) is 0.302. The Morgan fingerprint density at radius 1 is 0.909 bits per heavy atom. The second kappa shape index (κ2) is 12.6. The van der Waals surface area contributed by atoms with Crippen molar-refractivity contribution in [1.82, 2.24) is 10.2 Å². The van der Waals surface area contributed by atoms with Gasteiger partial charge in [-0.05, 0) is 117 Å². The smallest absolute Gasteiger partial charge is 0.335 e. The van der Waals surface area contributed by atoms with E-state index in [1.807, 2.05) is 44.2 Å². The maximum atomic E-state index is 14.4. The summed E-state index contributed by atoms with van der Waals surface area (Å²) in [5.41, 5.74) is 9.91. The van der Waals surface area contributed by atoms with Crippen molar-refractivity contribution in [1.29, 1.82) is 0 Å². The van der Waals surface area contributed by atoms with Crippen LogP contribution >= 0.6 is 0 Å². The second-order valence-corrected chi connectivity index (χ2v) is 12.5. The highest BCUT2D eigenvalue weighted by molar-refractivity contribution is 6.00. The maximum Gasteiger partial charge on any atom is 0.335 e. The molecule has 3 aromatic rings. The number of carboxylic acid groups (broad SMARTS) is 1. The average molecular weight is 597 g/mol. The van der Waals surface area contributed by atoms with E-state index in [0.29, 0.717) is 30.1 Å². The van der Waals surface area contributed by atoms with Crippen molar-refractivity contribution in [2.45, 2.75) is 57.5 Å². The summed E-state index contributed by atoms with van der Waals surface area (Å²) >= 11 is 0. The number of benzene rings is 3. The Morgan fingerprint density at radius 3 is 2.14 bits per heavy atom. The van der Waals surface area contributed by atoms with Gasteiger partial charge >= 0.3 is 5.97 Å². The van der Waals surface area contributed by atoms with Crippen molar-refractivity contribution < 1.29 is 24.3 Å². The summed E-state index contributed by atoms with van der Waals surface area (Å²) in [4.78, 5) is 53.9. The first-order valence-corrected chi connectivity index (χ1v) is 15.2. The fourth-order valence-electron chi connectivity index (χ4n) is 6.71. The van der Waals surface area contributed by atoms with Crippen molar-refractivity contribution in [2.75, 3.05) is 18.9 Å². The van der Waals surface area contributed by atoms with Gasteiger partial charge in [-0.3, -0.25) is 14.4 Å². The molecule has 1 fully saturated rings. The Morgan fingerprint density at radius 2 is 1.55 bits per heavy atom. The van der Waals surface area contributed by atoms with Gasteiger partial charge < -0.3 is 26.4 Å². The number of aromatic carboxylic acids is 1. The summed E-state index contributed by atoms with van der Waals surface area (Å²) in [6.07, 6.45) is 3.80. The van der Waals surface area contributed by atoms with E-state index in [4.69, 9.17) is 5.73 Å². The number of anilines is 1. The molecule has 5 N–H and O–H groups in total. The van der Waals surface area contributed by atoms with Gasteiger partial charge in [0.25, 0.3) is 11.8 Å². The largest absolute Gasteiger partial charge is 0.478 e. The lowest BCUT2D eigenvalue weighted by molar-refractivity contribution is -0.151. The normalized spacial score (nSPS) is 20.7. The second-order valence-electron chi connectivity index (χ2n) is 12.5. The molecule has 5 rings (SSSR count). The van der Waals surface area contributed by atoms with Gasteiger partial charge in [0.15, 0.2) is 0 Å². The minimum atomic E-state index is -1.05. The van der Waals surface area contributed by atoms with Gasteiger partial charge in [-0.15, -0.1) is 0 Å². The van der Waals surface area contributed by atoms with Crippen molar-refractivity contribution in [3.8, 4) is 11.1 Å². The van der Waals surface area contributed by atoms with E-state index in [-0.39, 0.29) is 29.2 Å². The topological polar surface area (TPSA) is 142 Å². The summed E-state index contributed by atoms with van der Waals surface area (Å²) in [7, 11) is 1.59. The fourth-order valence-corrected chi connectivity index (χ4v) is 6.71. The molecule has 0 aromatic heterocycles. The van der Waals surface area contributed by atoms with Crippen LogP contribution in [0.25, 0.3) is 11.1 Å². The van der Waals surface area contributed by atoms with Crippen LogP contribution < -0.4 is 16.4 Å². The van der Waals surface area contributed by atoms with Crippen molar-refractivity contribution in [3.63, 3.8) is 0 Å². The number of rotatable bonds is 7. The molecular weight excluding hydrogens is 556 g/mol. The van der Waals surface area contributed by atoms with E-state index in [1.165, 1.54) is 12.1 Å². The molecule has 2 aliphatic rings. The highest BCUT2D eigenvalue weighted by Crippen LogP contribution is 2.45. The minimum Gasteiger partial charge on any atom is -0.478 e. The summed E-state index contributed by atoms with van der Waals surface area (Å²) in [6, 6.07) is 18.3. The summed E-state index contributed by atoms with van der Waals surface area (Å²) in [6.45, 7) is 4.63. The molecule has 0 radical (unpaired) electrons. The number of nitrogens with one attached hydrogen (secondary N) is 2. The number of amides is 3. The van der Waals surface area contributed by atoms with Crippen LogP contribution in [-0.2, 0) is 16.0 Å². The minimum absolute atomic E-state index is 0.0298. The molecular formula is C35H40N4O5. The van der Waals surface area contributed by atoms with Crippen molar-refractivity contribution in [2.24, 2.45) is 17.6 Å². The molecule has 3 aromatic carbocycles. The Labute approximate surface area is 257 Å². The Bertz CT molecular complexity index is 1560. The van der Waals surface area contributed by atoms with Gasteiger partial charge in [-0.25, -0.2) is 4.79 Å². The van der Waals surface area contributed by atoms with Crippen molar-refractivity contribution in [3.05, 3.63) is 89.0 Å². The molecule has 1 heterocycles. The average Bonchev–Trinajstić information content (AvgIpc) is 3.03. The van der Waals surface area contributed by atoms with Gasteiger partial charge in [0, 0.05) is 29.8 Å². The Hall–Kier alpha value is -4.50. The lowest BCUT2D eigenvalue weighted by Gasteiger charge is -2.50. The number of fused-ring (bicyclic) bond motifs is 1. The van der Waals surface area contributed by atoms with Gasteiger partial charge in [-0.2, -0.15) is 0 Å². The number of carbonyl (C=O) groups excluding carboxylic acids is 3. The molecule has 230 valence electrons. The predicted octanol–water partition coefficient (Wildman–Crippen LogP) is 5.02. The van der Waals surface area contributed by atoms with E-state index in [9.17, 15) is 24.3 Å². The zero-order valence-corrected chi connectivity index (χ0v) is 25.4. The number of nitrogens with zero attached hydrogens (tertiary/aromatic N) is 1. The van der Waals surface area contributed by atoms with E-state index < -0.39 is 17.6 Å². The van der Waals surface area contributed by atoms with Crippen LogP contribution in [0.4, 0.5) is 5.69 Å². The third-order valence-corrected chi connectivity index (χ3v) is 9.13. The van der Waals surface area contributed by atoms with Crippen LogP contribution in [0.15, 0.2) is 66.7 Å². The maximum absolute atomic E-state index is 14.4. The van der Waals surface area contributed by atoms with Crippen LogP contribution in [0.3, 0.4) is 0 Å². The van der Waals surface area contributed by atoms with E-state index >= 15 is 0 Å². The molecule has 0 spiro atoms. The first-order chi connectivity index (χ1) is 21.0. The van der Waals surface area contributed by atoms with E-state index in [1.54, 1.807) is 36.2 Å². The number of hydrogen-bond acceptors (Lipinski definition) is 5. The molecule has 0 saturated heterocycles. The SMILES string of the molecule is CNC(=O)c1ccc(-c2cccc3c2CC(C)(C)N(C(=O)[C@H]2CC[C@H](CN)CC2)C3C(=O)Nc2ccc(C(=O)O)cc2)cc1. The zero-order chi connectivity index (χ0) is 31.6. The van der Waals surface area contributed by atoms with Gasteiger partial charge in [0.05, 0.1) is 5.56 Å². The van der Waals surface area contributed by atoms with Crippen molar-refractivity contribution >= 4 is 29.4 Å². The molecule has 9 nitrogen and oxygen atoms in total. The third kappa shape index (κ3) is 6.10. The third-order valence-electron chi connectivity index (χ3n) is 9.13.